The minimum Gasteiger partial charge on any atom is -0.497 e. The minimum atomic E-state index is -3.99. The van der Waals surface area contributed by atoms with Gasteiger partial charge in [-0.25, -0.2) is 13.2 Å². The van der Waals surface area contributed by atoms with Crippen molar-refractivity contribution in [3.05, 3.63) is 78.3 Å². The predicted molar refractivity (Wildman–Crippen MR) is 141 cm³/mol. The Hall–Kier alpha value is -4.32. The van der Waals surface area contributed by atoms with Crippen molar-refractivity contribution in [1.29, 1.82) is 0 Å². The van der Waals surface area contributed by atoms with Crippen molar-refractivity contribution in [2.75, 3.05) is 44.6 Å². The summed E-state index contributed by atoms with van der Waals surface area (Å²) in [6.07, 6.45) is 0.319. The molecule has 4 rings (SSSR count). The van der Waals surface area contributed by atoms with Gasteiger partial charge >= 0.3 is 5.97 Å². The van der Waals surface area contributed by atoms with Gasteiger partial charge in [-0.1, -0.05) is 6.07 Å². The van der Waals surface area contributed by atoms with Gasteiger partial charge in [0.25, 0.3) is 21.8 Å². The molecule has 1 aliphatic heterocycles. The Morgan fingerprint density at radius 2 is 1.62 bits per heavy atom. The number of carbonyl (C=O) groups excluding carboxylic acids is 3. The monoisotopic (exact) mass is 555 g/mol. The van der Waals surface area contributed by atoms with Crippen LogP contribution in [0.3, 0.4) is 0 Å². The minimum absolute atomic E-state index is 0.00674. The van der Waals surface area contributed by atoms with Gasteiger partial charge in [0, 0.05) is 33.2 Å². The Kier molecular flexibility index (Phi) is 8.24. The zero-order chi connectivity index (χ0) is 28.2. The second-order valence-corrected chi connectivity index (χ2v) is 10.8. The molecule has 39 heavy (non-hydrogen) atoms. The van der Waals surface area contributed by atoms with Crippen LogP contribution >= 0.6 is 0 Å². The number of hydrogen-bond acceptors (Lipinski definition) is 8. The molecule has 206 valence electrons. The number of methoxy groups -OCH3 is 1. The van der Waals surface area contributed by atoms with Gasteiger partial charge in [-0.05, 0) is 61.5 Å². The largest absolute Gasteiger partial charge is 0.497 e. The average molecular weight is 556 g/mol. The number of nitrogens with zero attached hydrogens (tertiary/aromatic N) is 3. The molecule has 0 bridgehead atoms. The second-order valence-electron chi connectivity index (χ2n) is 8.84. The van der Waals surface area contributed by atoms with Crippen LogP contribution in [0.2, 0.25) is 0 Å². The van der Waals surface area contributed by atoms with Crippen LogP contribution in [0.5, 0.6) is 5.75 Å². The molecule has 0 saturated carbocycles. The van der Waals surface area contributed by atoms with E-state index in [1.807, 2.05) is 0 Å². The highest BCUT2D eigenvalue weighted by atomic mass is 32.2. The van der Waals surface area contributed by atoms with E-state index in [1.54, 1.807) is 41.3 Å². The maximum Gasteiger partial charge on any atom is 0.338 e. The summed E-state index contributed by atoms with van der Waals surface area (Å²) in [5, 5.41) is 0. The number of furan rings is 1. The van der Waals surface area contributed by atoms with E-state index < -0.39 is 28.0 Å². The summed E-state index contributed by atoms with van der Waals surface area (Å²) in [6, 6.07) is 15.2. The number of rotatable bonds is 8. The normalized spacial score (nSPS) is 14.4. The van der Waals surface area contributed by atoms with Crippen LogP contribution in [0.4, 0.5) is 5.69 Å². The number of amides is 2. The van der Waals surface area contributed by atoms with Crippen LogP contribution in [-0.4, -0.2) is 82.4 Å². The fourth-order valence-electron chi connectivity index (χ4n) is 4.09. The Balaban J connectivity index is 1.37. The number of sulfonamides is 1. The van der Waals surface area contributed by atoms with Gasteiger partial charge in [0.2, 0.25) is 0 Å². The first kappa shape index (κ1) is 27.7. The molecule has 0 radical (unpaired) electrons. The summed E-state index contributed by atoms with van der Waals surface area (Å²) in [5.74, 6) is -0.666. The van der Waals surface area contributed by atoms with E-state index in [9.17, 15) is 22.8 Å². The van der Waals surface area contributed by atoms with E-state index in [0.29, 0.717) is 24.5 Å². The summed E-state index contributed by atoms with van der Waals surface area (Å²) in [7, 11) is -1.07. The molecule has 2 heterocycles. The standard InChI is InChI=1S/C27H29N3O8S/c1-19(25(31)29-13-15-30(16-14-29)26(32)24-8-5-17-37-24)38-27(33)20-6-4-7-23(18-20)39(34,35)28(2)21-9-11-22(36-3)12-10-21/h4-12,17-19H,13-16H2,1-3H3/t19-/m1/s1. The zero-order valence-electron chi connectivity index (χ0n) is 21.8. The first-order valence-corrected chi connectivity index (χ1v) is 13.6. The Labute approximate surface area is 226 Å². The van der Waals surface area contributed by atoms with E-state index in [1.165, 1.54) is 56.5 Å². The van der Waals surface area contributed by atoms with Crippen LogP contribution < -0.4 is 9.04 Å². The fraction of sp³-hybridized carbons (Fsp3) is 0.296. The lowest BCUT2D eigenvalue weighted by Crippen LogP contribution is -2.53. The van der Waals surface area contributed by atoms with Gasteiger partial charge in [0.05, 0.1) is 29.5 Å². The predicted octanol–water partition coefficient (Wildman–Crippen LogP) is 2.64. The maximum atomic E-state index is 13.2. The number of ether oxygens (including phenoxy) is 2. The molecule has 2 amide bonds. The van der Waals surface area contributed by atoms with Crippen LogP contribution in [0.25, 0.3) is 0 Å². The third-order valence-corrected chi connectivity index (χ3v) is 8.19. The molecule has 3 aromatic rings. The summed E-state index contributed by atoms with van der Waals surface area (Å²) >= 11 is 0. The lowest BCUT2D eigenvalue weighted by Gasteiger charge is -2.35. The quantitative estimate of drug-likeness (QED) is 0.388. The van der Waals surface area contributed by atoms with Crippen molar-refractivity contribution in [1.82, 2.24) is 9.80 Å². The molecule has 1 aliphatic rings. The lowest BCUT2D eigenvalue weighted by molar-refractivity contribution is -0.141. The van der Waals surface area contributed by atoms with Crippen molar-refractivity contribution in [3.63, 3.8) is 0 Å². The number of hydrogen-bond donors (Lipinski definition) is 0. The molecule has 11 nitrogen and oxygen atoms in total. The van der Waals surface area contributed by atoms with E-state index in [0.717, 1.165) is 4.31 Å². The fourth-order valence-corrected chi connectivity index (χ4v) is 5.34. The van der Waals surface area contributed by atoms with Gasteiger partial charge < -0.3 is 23.7 Å². The Morgan fingerprint density at radius 1 is 0.949 bits per heavy atom. The van der Waals surface area contributed by atoms with Crippen LogP contribution in [0, 0.1) is 0 Å². The van der Waals surface area contributed by atoms with E-state index in [-0.39, 0.29) is 35.2 Å². The lowest BCUT2D eigenvalue weighted by atomic mass is 10.2. The molecule has 1 atom stereocenters. The summed E-state index contributed by atoms with van der Waals surface area (Å²) < 4.78 is 43.1. The van der Waals surface area contributed by atoms with Gasteiger partial charge in [0.1, 0.15) is 5.75 Å². The Morgan fingerprint density at radius 3 is 2.23 bits per heavy atom. The van der Waals surface area contributed by atoms with Crippen molar-refractivity contribution >= 4 is 33.5 Å². The van der Waals surface area contributed by atoms with Crippen molar-refractivity contribution in [2.45, 2.75) is 17.9 Å². The van der Waals surface area contributed by atoms with E-state index in [4.69, 9.17) is 13.9 Å². The van der Waals surface area contributed by atoms with Gasteiger partial charge in [-0.15, -0.1) is 0 Å². The molecule has 12 heteroatoms. The first-order valence-electron chi connectivity index (χ1n) is 12.2. The van der Waals surface area contributed by atoms with Crippen LogP contribution in [0.1, 0.15) is 27.8 Å². The van der Waals surface area contributed by atoms with Gasteiger partial charge in [0.15, 0.2) is 11.9 Å². The molecule has 1 saturated heterocycles. The summed E-state index contributed by atoms with van der Waals surface area (Å²) in [5.41, 5.74) is 0.404. The molecule has 0 N–H and O–H groups in total. The molecule has 1 fully saturated rings. The van der Waals surface area contributed by atoms with Crippen LogP contribution in [0.15, 0.2) is 76.2 Å². The highest BCUT2D eigenvalue weighted by Gasteiger charge is 2.30. The third-order valence-electron chi connectivity index (χ3n) is 6.41. The number of esters is 1. The van der Waals surface area contributed by atoms with Gasteiger partial charge in [-0.3, -0.25) is 13.9 Å². The zero-order valence-corrected chi connectivity index (χ0v) is 22.6. The van der Waals surface area contributed by atoms with E-state index >= 15 is 0 Å². The molecular weight excluding hydrogens is 526 g/mol. The number of benzene rings is 2. The highest BCUT2D eigenvalue weighted by molar-refractivity contribution is 7.92. The highest BCUT2D eigenvalue weighted by Crippen LogP contribution is 2.25. The smallest absolute Gasteiger partial charge is 0.338 e. The number of anilines is 1. The molecule has 1 aromatic heterocycles. The first-order chi connectivity index (χ1) is 18.6. The Bertz CT molecular complexity index is 1430. The summed E-state index contributed by atoms with van der Waals surface area (Å²) in [6.45, 7) is 2.64. The topological polar surface area (TPSA) is 127 Å². The summed E-state index contributed by atoms with van der Waals surface area (Å²) in [4.78, 5) is 41.2. The average Bonchev–Trinajstić information content (AvgIpc) is 3.51. The number of carbonyl (C=O) groups is 3. The molecule has 0 aliphatic carbocycles. The maximum absolute atomic E-state index is 13.2. The SMILES string of the molecule is COc1ccc(N(C)S(=O)(=O)c2cccc(C(=O)O[C@H](C)C(=O)N3CCN(C(=O)c4ccco4)CC3)c2)cc1. The van der Waals surface area contributed by atoms with Crippen molar-refractivity contribution < 1.29 is 36.7 Å². The number of piperazine rings is 1. The van der Waals surface area contributed by atoms with E-state index in [2.05, 4.69) is 0 Å². The molecular formula is C27H29N3O8S. The van der Waals surface area contributed by atoms with Gasteiger partial charge in [-0.2, -0.15) is 0 Å². The second kappa shape index (κ2) is 11.6. The molecule has 0 unspecified atom stereocenters. The van der Waals surface area contributed by atoms with Crippen molar-refractivity contribution in [2.24, 2.45) is 0 Å². The van der Waals surface area contributed by atoms with Crippen molar-refractivity contribution in [3.8, 4) is 5.75 Å². The molecule has 0 spiro atoms. The third kappa shape index (κ3) is 6.06. The van der Waals surface area contributed by atoms with Crippen LogP contribution in [-0.2, 0) is 19.6 Å². The molecule has 2 aromatic carbocycles.